The van der Waals surface area contributed by atoms with Crippen LogP contribution in [0.1, 0.15) is 82.1 Å². The van der Waals surface area contributed by atoms with Crippen molar-refractivity contribution in [1.29, 1.82) is 0 Å². The number of aromatic amines is 1. The number of carbonyl (C=O) groups excluding carboxylic acids is 6. The maximum absolute atomic E-state index is 13.0. The number of carboxylic acids is 2. The molecule has 19 nitrogen and oxygen atoms in total. The predicted octanol–water partition coefficient (Wildman–Crippen LogP) is 3.10. The van der Waals surface area contributed by atoms with Gasteiger partial charge in [-0.2, -0.15) is 0 Å². The first kappa shape index (κ1) is 52.9. The van der Waals surface area contributed by atoms with E-state index in [9.17, 15) is 48.3 Å². The second-order valence-electron chi connectivity index (χ2n) is 15.2. The number of esters is 1. The van der Waals surface area contributed by atoms with Crippen LogP contribution in [0, 0.1) is 24.2 Å². The molecule has 0 aliphatic heterocycles. The number of carboxylic acid groups (broad SMARTS) is 2. The molecule has 1 heterocycles. The summed E-state index contributed by atoms with van der Waals surface area (Å²) in [6, 6.07) is 8.17. The minimum Gasteiger partial charge on any atom is -0.480 e. The van der Waals surface area contributed by atoms with Gasteiger partial charge in [0.15, 0.2) is 5.78 Å². The van der Waals surface area contributed by atoms with E-state index in [1.165, 1.54) is 47.6 Å². The molecule has 65 heavy (non-hydrogen) atoms. The Bertz CT molecular complexity index is 2300. The minimum absolute atomic E-state index is 0.0103. The number of anilines is 2. The number of fused-ring (bicyclic) bond motifs is 1. The molecule has 1 aromatic heterocycles. The molecule has 0 radical (unpaired) electrons. The number of nitrogen functional groups attached to an aromatic ring is 1. The number of hydrogen-bond donors (Lipinski definition) is 7. The number of rotatable bonds is 28. The molecule has 3 aromatic rings. The molecule has 0 fully saturated rings. The molecule has 350 valence electrons. The summed E-state index contributed by atoms with van der Waals surface area (Å²) in [7, 11) is 2.73. The average molecular weight is 938 g/mol. The summed E-state index contributed by atoms with van der Waals surface area (Å²) < 4.78 is 5.21. The number of carbonyl (C=O) groups is 8. The topological polar surface area (TPSA) is 297 Å². The quantitative estimate of drug-likeness (QED) is 0.0238. The normalized spacial score (nSPS) is 13.2. The third-order valence-electron chi connectivity index (χ3n) is 9.96. The van der Waals surface area contributed by atoms with E-state index >= 15 is 0 Å². The first-order valence-electron chi connectivity index (χ1n) is 20.7. The number of Topliss-reactive ketones (excluding diaryl/α,β-unsaturated/α-hetero) is 2. The Labute approximate surface area is 383 Å². The van der Waals surface area contributed by atoms with Crippen LogP contribution in [0.4, 0.5) is 11.6 Å². The SMILES string of the molecule is C#CCN(Cc1ccc2nc(N)[nH]c(=O)c2c1)c1ccc(C(=O)NC(CCC(=O)OCCSSCCC(=O)C[C@@H](C)C(=O)N[C@@H](C)C(=O)C[C@@H](C)C(=O)N[C@@H](CC)C(=O)O)C(=O)O)cc1. The number of H-pyrrole nitrogens is 1. The van der Waals surface area contributed by atoms with E-state index < -0.39 is 71.4 Å². The standard InChI is InChI=1S/C44H55N7O12S2/c1-6-17-51(24-28-8-13-34-32(23-28)41(58)50-44(45)49-34)30-11-9-29(10-12-30)40(57)48-35(43(61)62)14-15-37(54)63-18-20-65-64-19-16-31(52)21-25(3)38(55)46-27(5)36(53)22-26(4)39(56)47-33(7-2)42(59)60/h1,8-13,23,25-27,33,35H,7,14-22,24H2,2-5H3,(H,46,55)(H,47,56)(H,48,57)(H,59,60)(H,61,62)(H3,45,49,50,58)/t25-,26-,27+,33+,35?/m1/s1. The van der Waals surface area contributed by atoms with Crippen LogP contribution in [0.3, 0.4) is 0 Å². The highest BCUT2D eigenvalue weighted by Gasteiger charge is 2.27. The third-order valence-corrected chi connectivity index (χ3v) is 12.3. The Morgan fingerprint density at radius 2 is 1.52 bits per heavy atom. The number of nitrogens with two attached hydrogens (primary N) is 1. The summed E-state index contributed by atoms with van der Waals surface area (Å²) in [5, 5.41) is 26.6. The zero-order valence-corrected chi connectivity index (χ0v) is 38.2. The van der Waals surface area contributed by atoms with Gasteiger partial charge in [0.1, 0.15) is 24.5 Å². The Morgan fingerprint density at radius 3 is 2.17 bits per heavy atom. The van der Waals surface area contributed by atoms with Crippen molar-refractivity contribution in [3.8, 4) is 12.3 Å². The fourth-order valence-corrected chi connectivity index (χ4v) is 8.05. The molecule has 0 saturated carbocycles. The zero-order valence-electron chi connectivity index (χ0n) is 36.5. The molecule has 3 amide bonds. The number of aliphatic carboxylic acids is 2. The van der Waals surface area contributed by atoms with E-state index in [4.69, 9.17) is 22.0 Å². The van der Waals surface area contributed by atoms with Crippen molar-refractivity contribution in [2.75, 3.05) is 35.3 Å². The predicted molar refractivity (Wildman–Crippen MR) is 247 cm³/mol. The van der Waals surface area contributed by atoms with Crippen molar-refractivity contribution in [3.63, 3.8) is 0 Å². The van der Waals surface area contributed by atoms with Gasteiger partial charge in [0.05, 0.1) is 23.5 Å². The van der Waals surface area contributed by atoms with E-state index in [1.807, 2.05) is 4.90 Å². The van der Waals surface area contributed by atoms with Crippen molar-refractivity contribution in [3.05, 3.63) is 63.9 Å². The van der Waals surface area contributed by atoms with E-state index in [1.54, 1.807) is 44.2 Å². The molecule has 0 bridgehead atoms. The molecule has 5 atom stereocenters. The minimum atomic E-state index is -1.37. The largest absolute Gasteiger partial charge is 0.480 e. The highest BCUT2D eigenvalue weighted by molar-refractivity contribution is 8.76. The second kappa shape index (κ2) is 26.4. The first-order chi connectivity index (χ1) is 30.8. The second-order valence-corrected chi connectivity index (χ2v) is 17.9. The van der Waals surface area contributed by atoms with Gasteiger partial charge < -0.3 is 41.5 Å². The molecule has 0 aliphatic carbocycles. The number of nitrogens with one attached hydrogen (secondary N) is 4. The molecule has 8 N–H and O–H groups in total. The summed E-state index contributed by atoms with van der Waals surface area (Å²) in [5.41, 5.74) is 7.33. The molecule has 0 aliphatic rings. The third kappa shape index (κ3) is 17.6. The lowest BCUT2D eigenvalue weighted by molar-refractivity contribution is -0.144. The number of ketones is 2. The van der Waals surface area contributed by atoms with Crippen LogP contribution in [0.25, 0.3) is 10.9 Å². The molecule has 0 spiro atoms. The van der Waals surface area contributed by atoms with Gasteiger partial charge >= 0.3 is 17.9 Å². The van der Waals surface area contributed by atoms with E-state index in [0.29, 0.717) is 34.6 Å². The summed E-state index contributed by atoms with van der Waals surface area (Å²) in [6.45, 7) is 6.70. The fraction of sp³-hybridized carbons (Fsp3) is 0.455. The summed E-state index contributed by atoms with van der Waals surface area (Å²) in [6.07, 6.45) is 5.23. The van der Waals surface area contributed by atoms with Crippen molar-refractivity contribution in [2.24, 2.45) is 11.8 Å². The first-order valence-corrected chi connectivity index (χ1v) is 23.2. The van der Waals surface area contributed by atoms with E-state index in [2.05, 4.69) is 31.8 Å². The smallest absolute Gasteiger partial charge is 0.326 e. The number of nitrogens with zero attached hydrogens (tertiary/aromatic N) is 2. The van der Waals surface area contributed by atoms with E-state index in [0.717, 1.165) is 5.56 Å². The molecule has 0 saturated heterocycles. The van der Waals surface area contributed by atoms with Gasteiger partial charge in [-0.1, -0.05) is 54.3 Å². The van der Waals surface area contributed by atoms with Gasteiger partial charge in [-0.25, -0.2) is 14.6 Å². The monoisotopic (exact) mass is 937 g/mol. The van der Waals surface area contributed by atoms with Gasteiger partial charge in [-0.3, -0.25) is 38.5 Å². The molecule has 3 rings (SSSR count). The van der Waals surface area contributed by atoms with Crippen LogP contribution in [-0.2, 0) is 44.8 Å². The van der Waals surface area contributed by atoms with Gasteiger partial charge in [-0.05, 0) is 61.7 Å². The van der Waals surface area contributed by atoms with Crippen molar-refractivity contribution in [2.45, 2.75) is 90.9 Å². The van der Waals surface area contributed by atoms with Crippen molar-refractivity contribution >= 4 is 91.3 Å². The average Bonchev–Trinajstić information content (AvgIpc) is 3.26. The number of amides is 3. The summed E-state index contributed by atoms with van der Waals surface area (Å²) in [5.74, 6) is -3.57. The van der Waals surface area contributed by atoms with Crippen molar-refractivity contribution < 1.29 is 53.3 Å². The lowest BCUT2D eigenvalue weighted by Gasteiger charge is -2.23. The number of benzene rings is 2. The highest BCUT2D eigenvalue weighted by Crippen LogP contribution is 2.23. The van der Waals surface area contributed by atoms with Crippen LogP contribution in [-0.4, -0.2) is 110 Å². The Kier molecular flexibility index (Phi) is 21.5. The molecular formula is C44H55N7O12S2. The van der Waals surface area contributed by atoms with Crippen LogP contribution < -0.4 is 32.1 Å². The van der Waals surface area contributed by atoms with Gasteiger partial charge in [-0.15, -0.1) is 6.42 Å². The lowest BCUT2D eigenvalue weighted by atomic mass is 9.98. The van der Waals surface area contributed by atoms with Crippen LogP contribution in [0.5, 0.6) is 0 Å². The number of aromatic nitrogens is 2. The zero-order chi connectivity index (χ0) is 48.2. The van der Waals surface area contributed by atoms with Gasteiger partial charge in [0, 0.05) is 66.8 Å². The highest BCUT2D eigenvalue weighted by atomic mass is 33.1. The Morgan fingerprint density at radius 1 is 0.877 bits per heavy atom. The van der Waals surface area contributed by atoms with Crippen LogP contribution >= 0.6 is 21.6 Å². The van der Waals surface area contributed by atoms with Crippen LogP contribution in [0.2, 0.25) is 0 Å². The summed E-state index contributed by atoms with van der Waals surface area (Å²) >= 11 is 0. The number of terminal acetylenes is 1. The maximum Gasteiger partial charge on any atom is 0.326 e. The summed E-state index contributed by atoms with van der Waals surface area (Å²) in [4.78, 5) is 119. The van der Waals surface area contributed by atoms with Crippen LogP contribution in [0.15, 0.2) is 47.3 Å². The van der Waals surface area contributed by atoms with Crippen molar-refractivity contribution in [1.82, 2.24) is 25.9 Å². The Hall–Kier alpha value is -6.40. The molecule has 2 aromatic carbocycles. The fourth-order valence-electron chi connectivity index (χ4n) is 6.19. The Balaban J connectivity index is 1.33. The molecular weight excluding hydrogens is 883 g/mol. The number of hydrogen-bond acceptors (Lipinski definition) is 15. The van der Waals surface area contributed by atoms with Gasteiger partial charge in [0.25, 0.3) is 11.5 Å². The number of ether oxygens (including phenoxy) is 1. The van der Waals surface area contributed by atoms with E-state index in [-0.39, 0.29) is 74.5 Å². The molecule has 1 unspecified atom stereocenters. The molecule has 21 heteroatoms. The maximum atomic E-state index is 13.0. The lowest BCUT2D eigenvalue weighted by Crippen LogP contribution is -2.45. The van der Waals surface area contributed by atoms with Gasteiger partial charge in [0.2, 0.25) is 17.8 Å².